The van der Waals surface area contributed by atoms with Crippen molar-refractivity contribution in [1.82, 2.24) is 14.5 Å². The van der Waals surface area contributed by atoms with E-state index in [-0.39, 0.29) is 5.75 Å². The first-order valence-corrected chi connectivity index (χ1v) is 8.30. The number of hydrogen-bond acceptors (Lipinski definition) is 4. The maximum Gasteiger partial charge on any atom is 0.213 e. The Balaban J connectivity index is 3.78. The molecule has 0 aliphatic carbocycles. The Labute approximate surface area is 113 Å². The van der Waals surface area contributed by atoms with Gasteiger partial charge in [-0.05, 0) is 46.4 Å². The highest BCUT2D eigenvalue weighted by molar-refractivity contribution is 7.89. The SMILES string of the molecule is CCCNCCCCS(=O)(=O)N(C)CCN(C)C. The first kappa shape index (κ1) is 17.8. The number of rotatable bonds is 11. The lowest BCUT2D eigenvalue weighted by Crippen LogP contribution is -2.35. The summed E-state index contributed by atoms with van der Waals surface area (Å²) >= 11 is 0. The highest BCUT2D eigenvalue weighted by Gasteiger charge is 2.16. The van der Waals surface area contributed by atoms with E-state index in [0.29, 0.717) is 6.54 Å². The maximum absolute atomic E-state index is 11.9. The second-order valence-corrected chi connectivity index (χ2v) is 7.09. The van der Waals surface area contributed by atoms with Gasteiger partial charge >= 0.3 is 0 Å². The van der Waals surface area contributed by atoms with Crippen molar-refractivity contribution >= 4 is 10.0 Å². The van der Waals surface area contributed by atoms with Gasteiger partial charge in [0, 0.05) is 20.1 Å². The molecule has 18 heavy (non-hydrogen) atoms. The Morgan fingerprint density at radius 2 is 1.67 bits per heavy atom. The Bertz CT molecular complexity index is 292. The van der Waals surface area contributed by atoms with Crippen molar-refractivity contribution in [2.24, 2.45) is 0 Å². The van der Waals surface area contributed by atoms with Gasteiger partial charge in [0.25, 0.3) is 0 Å². The van der Waals surface area contributed by atoms with E-state index in [4.69, 9.17) is 0 Å². The zero-order valence-corrected chi connectivity index (χ0v) is 13.1. The van der Waals surface area contributed by atoms with Gasteiger partial charge in [-0.25, -0.2) is 12.7 Å². The minimum Gasteiger partial charge on any atom is -0.317 e. The molecule has 0 aromatic carbocycles. The number of nitrogens with one attached hydrogen (secondary N) is 1. The summed E-state index contributed by atoms with van der Waals surface area (Å²) in [5.41, 5.74) is 0. The fourth-order valence-corrected chi connectivity index (χ4v) is 2.71. The predicted octanol–water partition coefficient (Wildman–Crippen LogP) is 0.589. The summed E-state index contributed by atoms with van der Waals surface area (Å²) in [4.78, 5) is 1.99. The van der Waals surface area contributed by atoms with Gasteiger partial charge in [-0.3, -0.25) is 0 Å². The van der Waals surface area contributed by atoms with Crippen LogP contribution in [0.4, 0.5) is 0 Å². The molecule has 0 fully saturated rings. The molecule has 0 aliphatic rings. The summed E-state index contributed by atoms with van der Waals surface area (Å²) in [5, 5.41) is 3.28. The Kier molecular flexibility index (Phi) is 9.63. The van der Waals surface area contributed by atoms with Crippen molar-refractivity contribution in [2.75, 3.05) is 53.1 Å². The monoisotopic (exact) mass is 279 g/mol. The second-order valence-electron chi connectivity index (χ2n) is 4.90. The fourth-order valence-electron chi connectivity index (χ4n) is 1.47. The zero-order chi connectivity index (χ0) is 14.0. The second kappa shape index (κ2) is 9.72. The van der Waals surface area contributed by atoms with Crippen LogP contribution in [0.15, 0.2) is 0 Å². The topological polar surface area (TPSA) is 52.7 Å². The van der Waals surface area contributed by atoms with Crippen LogP contribution in [0.2, 0.25) is 0 Å². The summed E-state index contributed by atoms with van der Waals surface area (Å²) in [6.45, 7) is 5.36. The molecule has 6 heteroatoms. The van der Waals surface area contributed by atoms with Gasteiger partial charge in [-0.1, -0.05) is 6.92 Å². The highest BCUT2D eigenvalue weighted by atomic mass is 32.2. The van der Waals surface area contributed by atoms with Crippen LogP contribution in [0.3, 0.4) is 0 Å². The molecule has 0 amide bonds. The molecule has 0 aromatic heterocycles. The fraction of sp³-hybridized carbons (Fsp3) is 1.00. The molecule has 5 nitrogen and oxygen atoms in total. The number of hydrogen-bond donors (Lipinski definition) is 1. The number of nitrogens with zero attached hydrogens (tertiary/aromatic N) is 2. The van der Waals surface area contributed by atoms with Crippen molar-refractivity contribution in [2.45, 2.75) is 26.2 Å². The van der Waals surface area contributed by atoms with E-state index in [1.165, 1.54) is 4.31 Å². The molecule has 0 saturated heterocycles. The van der Waals surface area contributed by atoms with Gasteiger partial charge < -0.3 is 10.2 Å². The van der Waals surface area contributed by atoms with E-state index in [1.807, 2.05) is 19.0 Å². The van der Waals surface area contributed by atoms with Crippen LogP contribution >= 0.6 is 0 Å². The molecule has 0 aliphatic heterocycles. The Hall–Kier alpha value is -0.170. The molecule has 110 valence electrons. The average molecular weight is 279 g/mol. The summed E-state index contributed by atoms with van der Waals surface area (Å²) < 4.78 is 25.3. The van der Waals surface area contributed by atoms with Crippen molar-refractivity contribution in [3.8, 4) is 0 Å². The molecule has 0 aromatic rings. The Morgan fingerprint density at radius 3 is 2.22 bits per heavy atom. The molecule has 0 spiro atoms. The van der Waals surface area contributed by atoms with Gasteiger partial charge in [-0.15, -0.1) is 0 Å². The minimum absolute atomic E-state index is 0.255. The smallest absolute Gasteiger partial charge is 0.213 e. The molecule has 0 bridgehead atoms. The molecular formula is C12H29N3O2S. The van der Waals surface area contributed by atoms with E-state index >= 15 is 0 Å². The van der Waals surface area contributed by atoms with Crippen LogP contribution in [-0.2, 0) is 10.0 Å². The normalized spacial score (nSPS) is 12.6. The quantitative estimate of drug-likeness (QED) is 0.563. The third-order valence-corrected chi connectivity index (χ3v) is 4.71. The van der Waals surface area contributed by atoms with Gasteiger partial charge in [0.05, 0.1) is 5.75 Å². The molecule has 1 N–H and O–H groups in total. The van der Waals surface area contributed by atoms with Crippen molar-refractivity contribution in [1.29, 1.82) is 0 Å². The predicted molar refractivity (Wildman–Crippen MR) is 77.4 cm³/mol. The zero-order valence-electron chi connectivity index (χ0n) is 12.3. The van der Waals surface area contributed by atoms with Crippen LogP contribution in [0, 0.1) is 0 Å². The van der Waals surface area contributed by atoms with E-state index < -0.39 is 10.0 Å². The number of sulfonamides is 1. The van der Waals surface area contributed by atoms with Crippen LogP contribution in [-0.4, -0.2) is 70.7 Å². The summed E-state index contributed by atoms with van der Waals surface area (Å²) in [6.07, 6.45) is 2.76. The average Bonchev–Trinajstić information content (AvgIpc) is 2.30. The standard InChI is InChI=1S/C12H29N3O2S/c1-5-8-13-9-6-7-12-18(16,17)15(4)11-10-14(2)3/h13H,5-12H2,1-4H3. The molecule has 0 radical (unpaired) electrons. The van der Waals surface area contributed by atoms with Crippen molar-refractivity contribution in [3.63, 3.8) is 0 Å². The minimum atomic E-state index is -3.07. The molecule has 0 atom stereocenters. The summed E-state index contributed by atoms with van der Waals surface area (Å²) in [5.74, 6) is 0.255. The summed E-state index contributed by atoms with van der Waals surface area (Å²) in [6, 6.07) is 0. The maximum atomic E-state index is 11.9. The molecule has 0 unspecified atom stereocenters. The highest BCUT2D eigenvalue weighted by Crippen LogP contribution is 2.02. The third kappa shape index (κ3) is 8.85. The van der Waals surface area contributed by atoms with E-state index in [2.05, 4.69) is 12.2 Å². The van der Waals surface area contributed by atoms with Crippen LogP contribution < -0.4 is 5.32 Å². The van der Waals surface area contributed by atoms with Gasteiger partial charge in [0.15, 0.2) is 0 Å². The van der Waals surface area contributed by atoms with Crippen LogP contribution in [0.25, 0.3) is 0 Å². The van der Waals surface area contributed by atoms with Crippen molar-refractivity contribution < 1.29 is 8.42 Å². The van der Waals surface area contributed by atoms with E-state index in [0.717, 1.165) is 38.9 Å². The third-order valence-electron chi connectivity index (χ3n) is 2.77. The number of likely N-dealkylation sites (N-methyl/N-ethyl adjacent to an activating group) is 2. The van der Waals surface area contributed by atoms with Gasteiger partial charge in [0.1, 0.15) is 0 Å². The van der Waals surface area contributed by atoms with E-state index in [1.54, 1.807) is 7.05 Å². The molecular weight excluding hydrogens is 250 g/mol. The largest absolute Gasteiger partial charge is 0.317 e. The molecule has 0 heterocycles. The lowest BCUT2D eigenvalue weighted by Gasteiger charge is -2.19. The first-order valence-electron chi connectivity index (χ1n) is 6.69. The first-order chi connectivity index (χ1) is 8.40. The number of unbranched alkanes of at least 4 members (excludes halogenated alkanes) is 1. The van der Waals surface area contributed by atoms with Gasteiger partial charge in [-0.2, -0.15) is 0 Å². The summed E-state index contributed by atoms with van der Waals surface area (Å²) in [7, 11) is 2.48. The van der Waals surface area contributed by atoms with Crippen molar-refractivity contribution in [3.05, 3.63) is 0 Å². The molecule has 0 rings (SSSR count). The van der Waals surface area contributed by atoms with Crippen LogP contribution in [0.1, 0.15) is 26.2 Å². The lowest BCUT2D eigenvalue weighted by molar-refractivity contribution is 0.358. The molecule has 0 saturated carbocycles. The van der Waals surface area contributed by atoms with E-state index in [9.17, 15) is 8.42 Å². The van der Waals surface area contributed by atoms with Gasteiger partial charge in [0.2, 0.25) is 10.0 Å². The van der Waals surface area contributed by atoms with Crippen LogP contribution in [0.5, 0.6) is 0 Å². The Morgan fingerprint density at radius 1 is 1.00 bits per heavy atom. The lowest BCUT2D eigenvalue weighted by atomic mass is 10.3.